The first-order chi connectivity index (χ1) is 6.36. The number of rotatable bonds is 2. The van der Waals surface area contributed by atoms with Gasteiger partial charge in [0.2, 0.25) is 0 Å². The van der Waals surface area contributed by atoms with Crippen LogP contribution in [0.2, 0.25) is 0 Å². The molecule has 1 saturated heterocycles. The number of halogens is 1. The van der Waals surface area contributed by atoms with Gasteiger partial charge >= 0.3 is 0 Å². The van der Waals surface area contributed by atoms with Crippen LogP contribution in [-0.4, -0.2) is 29.1 Å². The second-order valence-electron chi connectivity index (χ2n) is 3.32. The third-order valence-electron chi connectivity index (χ3n) is 2.28. The highest BCUT2D eigenvalue weighted by Crippen LogP contribution is 2.10. The van der Waals surface area contributed by atoms with E-state index in [0.29, 0.717) is 6.04 Å². The zero-order valence-electron chi connectivity index (χ0n) is 8.16. The molecule has 0 saturated carbocycles. The average Bonchev–Trinajstić information content (AvgIpc) is 2.61. The highest BCUT2D eigenvalue weighted by molar-refractivity contribution is 5.85. The van der Waals surface area contributed by atoms with E-state index in [1.54, 1.807) is 12.4 Å². The van der Waals surface area contributed by atoms with Gasteiger partial charge in [-0.15, -0.1) is 12.4 Å². The Labute approximate surface area is 89.9 Å². The van der Waals surface area contributed by atoms with E-state index in [2.05, 4.69) is 20.6 Å². The van der Waals surface area contributed by atoms with Crippen molar-refractivity contribution in [1.82, 2.24) is 15.3 Å². The van der Waals surface area contributed by atoms with E-state index in [4.69, 9.17) is 0 Å². The van der Waals surface area contributed by atoms with Crippen molar-refractivity contribution in [2.75, 3.05) is 18.4 Å². The molecular weight excluding hydrogens is 200 g/mol. The van der Waals surface area contributed by atoms with Gasteiger partial charge in [0.1, 0.15) is 5.82 Å². The molecule has 78 valence electrons. The summed E-state index contributed by atoms with van der Waals surface area (Å²) < 4.78 is 0. The number of nitrogens with one attached hydrogen (secondary N) is 2. The van der Waals surface area contributed by atoms with E-state index < -0.39 is 0 Å². The molecule has 2 N–H and O–H groups in total. The van der Waals surface area contributed by atoms with Crippen LogP contribution in [0, 0.1) is 6.92 Å². The van der Waals surface area contributed by atoms with Gasteiger partial charge in [0, 0.05) is 25.0 Å². The average molecular weight is 215 g/mol. The summed E-state index contributed by atoms with van der Waals surface area (Å²) in [5.74, 6) is 0.913. The maximum Gasteiger partial charge on any atom is 0.147 e. The fraction of sp³-hybridized carbons (Fsp3) is 0.556. The fourth-order valence-corrected chi connectivity index (χ4v) is 1.52. The predicted octanol–water partition coefficient (Wildman–Crippen LogP) is 0.981. The van der Waals surface area contributed by atoms with Gasteiger partial charge in [0.25, 0.3) is 0 Å². The minimum atomic E-state index is 0. The first-order valence-electron chi connectivity index (χ1n) is 4.61. The van der Waals surface area contributed by atoms with Gasteiger partial charge in [0.05, 0.1) is 5.69 Å². The van der Waals surface area contributed by atoms with Crippen LogP contribution in [0.3, 0.4) is 0 Å². The van der Waals surface area contributed by atoms with Crippen LogP contribution in [0.25, 0.3) is 0 Å². The third-order valence-corrected chi connectivity index (χ3v) is 2.28. The van der Waals surface area contributed by atoms with Crippen LogP contribution < -0.4 is 10.6 Å². The predicted molar refractivity (Wildman–Crippen MR) is 58.9 cm³/mol. The Balaban J connectivity index is 0.000000980. The molecule has 0 amide bonds. The van der Waals surface area contributed by atoms with Crippen molar-refractivity contribution in [3.05, 3.63) is 18.1 Å². The quantitative estimate of drug-likeness (QED) is 0.771. The lowest BCUT2D eigenvalue weighted by Crippen LogP contribution is -2.23. The molecule has 1 aromatic rings. The lowest BCUT2D eigenvalue weighted by Gasteiger charge is -2.12. The van der Waals surface area contributed by atoms with E-state index in [-0.39, 0.29) is 12.4 Å². The first-order valence-corrected chi connectivity index (χ1v) is 4.61. The molecule has 2 rings (SSSR count). The van der Waals surface area contributed by atoms with Crippen LogP contribution in [0.4, 0.5) is 5.82 Å². The van der Waals surface area contributed by atoms with Crippen LogP contribution in [0.1, 0.15) is 12.1 Å². The molecule has 1 aliphatic rings. The molecule has 1 fully saturated rings. The van der Waals surface area contributed by atoms with Crippen molar-refractivity contribution in [2.45, 2.75) is 19.4 Å². The lowest BCUT2D eigenvalue weighted by molar-refractivity contribution is 0.784. The maximum atomic E-state index is 4.24. The van der Waals surface area contributed by atoms with Crippen molar-refractivity contribution >= 4 is 18.2 Å². The third kappa shape index (κ3) is 2.56. The van der Waals surface area contributed by atoms with Gasteiger partial charge in [-0.1, -0.05) is 0 Å². The summed E-state index contributed by atoms with van der Waals surface area (Å²) in [5.41, 5.74) is 0.967. The normalized spacial score (nSPS) is 20.2. The summed E-state index contributed by atoms with van der Waals surface area (Å²) in [4.78, 5) is 8.42. The molecule has 0 aliphatic carbocycles. The van der Waals surface area contributed by atoms with Crippen LogP contribution in [-0.2, 0) is 0 Å². The molecule has 1 aliphatic heterocycles. The molecule has 0 bridgehead atoms. The zero-order chi connectivity index (χ0) is 9.10. The second kappa shape index (κ2) is 5.12. The molecule has 1 unspecified atom stereocenters. The minimum absolute atomic E-state index is 0. The lowest BCUT2D eigenvalue weighted by atomic mass is 10.2. The molecule has 1 atom stereocenters. The molecule has 2 heterocycles. The Hall–Kier alpha value is -0.870. The summed E-state index contributed by atoms with van der Waals surface area (Å²) in [6.45, 7) is 4.09. The molecule has 5 heteroatoms. The molecule has 14 heavy (non-hydrogen) atoms. The summed E-state index contributed by atoms with van der Waals surface area (Å²) in [7, 11) is 0. The Morgan fingerprint density at radius 3 is 2.86 bits per heavy atom. The number of aryl methyl sites for hydroxylation is 1. The van der Waals surface area contributed by atoms with Gasteiger partial charge in [-0.2, -0.15) is 0 Å². The highest BCUT2D eigenvalue weighted by Gasteiger charge is 2.14. The minimum Gasteiger partial charge on any atom is -0.365 e. The monoisotopic (exact) mass is 214 g/mol. The smallest absolute Gasteiger partial charge is 0.147 e. The number of hydrogen-bond donors (Lipinski definition) is 2. The van der Waals surface area contributed by atoms with Crippen molar-refractivity contribution in [1.29, 1.82) is 0 Å². The SMILES string of the molecule is Cc1nccnc1NC1CCNC1.Cl. The van der Waals surface area contributed by atoms with Crippen LogP contribution in [0.5, 0.6) is 0 Å². The van der Waals surface area contributed by atoms with E-state index in [1.807, 2.05) is 6.92 Å². The maximum absolute atomic E-state index is 4.24. The Morgan fingerprint density at radius 1 is 1.43 bits per heavy atom. The Kier molecular flexibility index (Phi) is 4.10. The summed E-state index contributed by atoms with van der Waals surface area (Å²) in [6.07, 6.45) is 4.60. The summed E-state index contributed by atoms with van der Waals surface area (Å²) in [6, 6.07) is 0.510. The highest BCUT2D eigenvalue weighted by atomic mass is 35.5. The van der Waals surface area contributed by atoms with Gasteiger partial charge in [-0.05, 0) is 19.9 Å². The largest absolute Gasteiger partial charge is 0.365 e. The molecule has 1 aromatic heterocycles. The molecule has 0 aromatic carbocycles. The number of aromatic nitrogens is 2. The molecule has 0 radical (unpaired) electrons. The van der Waals surface area contributed by atoms with Crippen LogP contribution in [0.15, 0.2) is 12.4 Å². The van der Waals surface area contributed by atoms with E-state index in [1.165, 1.54) is 0 Å². The molecule has 4 nitrogen and oxygen atoms in total. The number of nitrogens with zero attached hydrogens (tertiary/aromatic N) is 2. The standard InChI is InChI=1S/C9H14N4.ClH/c1-7-9(12-5-4-11-7)13-8-2-3-10-6-8;/h4-5,8,10H,2-3,6H2,1H3,(H,12,13);1H. The summed E-state index contributed by atoms with van der Waals surface area (Å²) >= 11 is 0. The van der Waals surface area contributed by atoms with Gasteiger partial charge < -0.3 is 10.6 Å². The Bertz CT molecular complexity index is 286. The fourth-order valence-electron chi connectivity index (χ4n) is 1.52. The van der Waals surface area contributed by atoms with Gasteiger partial charge in [-0.3, -0.25) is 4.98 Å². The van der Waals surface area contributed by atoms with E-state index in [0.717, 1.165) is 31.0 Å². The van der Waals surface area contributed by atoms with Gasteiger partial charge in [0.15, 0.2) is 0 Å². The van der Waals surface area contributed by atoms with E-state index in [9.17, 15) is 0 Å². The van der Waals surface area contributed by atoms with Crippen molar-refractivity contribution in [3.63, 3.8) is 0 Å². The Morgan fingerprint density at radius 2 is 2.21 bits per heavy atom. The van der Waals surface area contributed by atoms with Crippen molar-refractivity contribution in [2.24, 2.45) is 0 Å². The van der Waals surface area contributed by atoms with E-state index >= 15 is 0 Å². The number of hydrogen-bond acceptors (Lipinski definition) is 4. The zero-order valence-corrected chi connectivity index (χ0v) is 8.97. The molecule has 0 spiro atoms. The summed E-state index contributed by atoms with van der Waals surface area (Å²) in [5, 5.41) is 6.67. The second-order valence-corrected chi connectivity index (χ2v) is 3.32. The number of anilines is 1. The van der Waals surface area contributed by atoms with Crippen molar-refractivity contribution in [3.8, 4) is 0 Å². The van der Waals surface area contributed by atoms with Crippen molar-refractivity contribution < 1.29 is 0 Å². The van der Waals surface area contributed by atoms with Gasteiger partial charge in [-0.25, -0.2) is 4.98 Å². The first kappa shape index (κ1) is 11.2. The topological polar surface area (TPSA) is 49.8 Å². The van der Waals surface area contributed by atoms with Crippen LogP contribution >= 0.6 is 12.4 Å². The molecular formula is C9H15ClN4.